The zero-order valence-electron chi connectivity index (χ0n) is 10.8. The Hall–Kier alpha value is -2.18. The average Bonchev–Trinajstić information content (AvgIpc) is 2.37. The number of hydrogen-bond acceptors (Lipinski definition) is 3. The SMILES string of the molecule is C=C(C)C(=O)O.O=S(=O)(O)c1cccc2ccccc12. The van der Waals surface area contributed by atoms with Crippen molar-refractivity contribution in [1.29, 1.82) is 0 Å². The minimum Gasteiger partial charge on any atom is -0.478 e. The Balaban J connectivity index is 0.000000286. The van der Waals surface area contributed by atoms with E-state index in [0.717, 1.165) is 5.39 Å². The molecule has 0 radical (unpaired) electrons. The summed E-state index contributed by atoms with van der Waals surface area (Å²) in [5.41, 5.74) is 0.176. The van der Waals surface area contributed by atoms with Crippen LogP contribution in [0.4, 0.5) is 0 Å². The van der Waals surface area contributed by atoms with E-state index in [4.69, 9.17) is 9.66 Å². The van der Waals surface area contributed by atoms with E-state index < -0.39 is 16.1 Å². The fourth-order valence-electron chi connectivity index (χ4n) is 1.42. The maximum Gasteiger partial charge on any atom is 0.330 e. The fraction of sp³-hybridized carbons (Fsp3) is 0.0714. The van der Waals surface area contributed by atoms with Crippen LogP contribution in [0.5, 0.6) is 0 Å². The summed E-state index contributed by atoms with van der Waals surface area (Å²) >= 11 is 0. The van der Waals surface area contributed by atoms with Gasteiger partial charge in [0, 0.05) is 11.0 Å². The summed E-state index contributed by atoms with van der Waals surface area (Å²) in [5, 5.41) is 9.22. The molecule has 2 aromatic rings. The Bertz CT molecular complexity index is 730. The largest absolute Gasteiger partial charge is 0.478 e. The molecule has 0 aliphatic heterocycles. The molecule has 0 saturated heterocycles. The van der Waals surface area contributed by atoms with Crippen LogP contribution in [-0.2, 0) is 14.9 Å². The minimum atomic E-state index is -4.13. The second-order valence-electron chi connectivity index (χ2n) is 4.04. The minimum absolute atomic E-state index is 0.0457. The van der Waals surface area contributed by atoms with E-state index in [1.807, 2.05) is 6.07 Å². The van der Waals surface area contributed by atoms with Crippen LogP contribution in [0.1, 0.15) is 6.92 Å². The fourth-order valence-corrected chi connectivity index (χ4v) is 2.13. The molecule has 0 heterocycles. The molecule has 0 aliphatic rings. The molecule has 0 bridgehead atoms. The van der Waals surface area contributed by atoms with E-state index in [2.05, 4.69) is 6.58 Å². The van der Waals surface area contributed by atoms with Gasteiger partial charge in [-0.05, 0) is 18.4 Å². The van der Waals surface area contributed by atoms with Crippen LogP contribution < -0.4 is 0 Å². The van der Waals surface area contributed by atoms with Crippen molar-refractivity contribution in [3.05, 3.63) is 54.6 Å². The molecule has 0 fully saturated rings. The van der Waals surface area contributed by atoms with Crippen LogP contribution in [0, 0.1) is 0 Å². The van der Waals surface area contributed by atoms with Gasteiger partial charge in [0.15, 0.2) is 0 Å². The first kappa shape index (κ1) is 15.9. The summed E-state index contributed by atoms with van der Waals surface area (Å²) in [7, 11) is -4.13. The maximum atomic E-state index is 11.0. The van der Waals surface area contributed by atoms with E-state index in [1.54, 1.807) is 30.3 Å². The first-order valence-electron chi connectivity index (χ1n) is 5.57. The van der Waals surface area contributed by atoms with Crippen molar-refractivity contribution in [3.63, 3.8) is 0 Å². The maximum absolute atomic E-state index is 11.0. The zero-order valence-corrected chi connectivity index (χ0v) is 11.6. The van der Waals surface area contributed by atoms with E-state index in [0.29, 0.717) is 5.39 Å². The van der Waals surface area contributed by atoms with E-state index in [9.17, 15) is 13.2 Å². The second-order valence-corrected chi connectivity index (χ2v) is 5.43. The number of aliphatic carboxylic acids is 1. The van der Waals surface area contributed by atoms with Crippen molar-refractivity contribution in [1.82, 2.24) is 0 Å². The molecule has 0 aliphatic carbocycles. The molecule has 2 N–H and O–H groups in total. The van der Waals surface area contributed by atoms with Crippen molar-refractivity contribution in [2.45, 2.75) is 11.8 Å². The lowest BCUT2D eigenvalue weighted by Gasteiger charge is -2.02. The molecule has 0 amide bonds. The average molecular weight is 294 g/mol. The van der Waals surface area contributed by atoms with Gasteiger partial charge in [-0.15, -0.1) is 0 Å². The first-order chi connectivity index (χ1) is 9.23. The molecule has 106 valence electrons. The molecule has 20 heavy (non-hydrogen) atoms. The number of hydrogen-bond donors (Lipinski definition) is 2. The highest BCUT2D eigenvalue weighted by Gasteiger charge is 2.12. The van der Waals surface area contributed by atoms with E-state index in [-0.39, 0.29) is 10.5 Å². The third-order valence-corrected chi connectivity index (χ3v) is 3.30. The number of rotatable bonds is 2. The molecule has 0 unspecified atom stereocenters. The predicted molar refractivity (Wildman–Crippen MR) is 76.2 cm³/mol. The molecule has 0 atom stereocenters. The van der Waals surface area contributed by atoms with E-state index >= 15 is 0 Å². The summed E-state index contributed by atoms with van der Waals surface area (Å²) in [6.45, 7) is 4.60. The molecule has 0 spiro atoms. The van der Waals surface area contributed by atoms with Crippen molar-refractivity contribution in [3.8, 4) is 0 Å². The highest BCUT2D eigenvalue weighted by atomic mass is 32.2. The smallest absolute Gasteiger partial charge is 0.330 e. The lowest BCUT2D eigenvalue weighted by molar-refractivity contribution is -0.132. The van der Waals surface area contributed by atoms with Gasteiger partial charge in [-0.1, -0.05) is 43.0 Å². The Kier molecular flexibility index (Phi) is 5.01. The Labute approximate surface area is 116 Å². The quantitative estimate of drug-likeness (QED) is 0.656. The number of carboxylic acid groups (broad SMARTS) is 1. The highest BCUT2D eigenvalue weighted by Crippen LogP contribution is 2.21. The molecule has 2 aromatic carbocycles. The van der Waals surface area contributed by atoms with Crippen molar-refractivity contribution < 1.29 is 22.9 Å². The van der Waals surface area contributed by atoms with Crippen LogP contribution >= 0.6 is 0 Å². The van der Waals surface area contributed by atoms with Crippen molar-refractivity contribution >= 4 is 26.9 Å². The topological polar surface area (TPSA) is 91.7 Å². The van der Waals surface area contributed by atoms with Gasteiger partial charge in [-0.2, -0.15) is 8.42 Å². The van der Waals surface area contributed by atoms with Crippen LogP contribution in [0.15, 0.2) is 59.5 Å². The summed E-state index contributed by atoms with van der Waals surface area (Å²) in [4.78, 5) is 9.55. The Morgan fingerprint density at radius 1 is 1.10 bits per heavy atom. The van der Waals surface area contributed by atoms with Gasteiger partial charge in [0.2, 0.25) is 0 Å². The molecule has 0 saturated carbocycles. The monoisotopic (exact) mass is 294 g/mol. The van der Waals surface area contributed by atoms with Crippen molar-refractivity contribution in [2.75, 3.05) is 0 Å². The highest BCUT2D eigenvalue weighted by molar-refractivity contribution is 7.86. The van der Waals surface area contributed by atoms with Crippen LogP contribution in [0.25, 0.3) is 10.8 Å². The standard InChI is InChI=1S/C10H8O3S.C4H6O2/c11-14(12,13)10-7-3-5-8-4-1-2-6-9(8)10;1-3(2)4(5)6/h1-7H,(H,11,12,13);1H2,2H3,(H,5,6). The molecule has 0 aromatic heterocycles. The van der Waals surface area contributed by atoms with Crippen LogP contribution in [0.3, 0.4) is 0 Å². The number of benzene rings is 2. The summed E-state index contributed by atoms with van der Waals surface area (Å²) in [5.74, 6) is -0.935. The Morgan fingerprint density at radius 2 is 1.60 bits per heavy atom. The molecule has 2 rings (SSSR count). The lowest BCUT2D eigenvalue weighted by Crippen LogP contribution is -1.98. The molecule has 6 heteroatoms. The molecular weight excluding hydrogens is 280 g/mol. The van der Waals surface area contributed by atoms with Gasteiger partial charge < -0.3 is 5.11 Å². The first-order valence-corrected chi connectivity index (χ1v) is 7.01. The summed E-state index contributed by atoms with van der Waals surface area (Å²) in [6, 6.07) is 11.8. The number of carbonyl (C=O) groups is 1. The van der Waals surface area contributed by atoms with Gasteiger partial charge >= 0.3 is 5.97 Å². The van der Waals surface area contributed by atoms with Gasteiger partial charge in [0.05, 0.1) is 0 Å². The van der Waals surface area contributed by atoms with Gasteiger partial charge in [-0.25, -0.2) is 4.79 Å². The zero-order chi connectivity index (χ0) is 15.3. The summed E-state index contributed by atoms with van der Waals surface area (Å²) in [6.07, 6.45) is 0. The Morgan fingerprint density at radius 3 is 2.10 bits per heavy atom. The number of fused-ring (bicyclic) bond motifs is 1. The van der Waals surface area contributed by atoms with Gasteiger partial charge in [0.1, 0.15) is 4.90 Å². The lowest BCUT2D eigenvalue weighted by atomic mass is 10.1. The van der Waals surface area contributed by atoms with Crippen LogP contribution in [0.2, 0.25) is 0 Å². The number of carboxylic acids is 1. The van der Waals surface area contributed by atoms with Gasteiger partial charge in [-0.3, -0.25) is 4.55 Å². The molecular formula is C14H14O5S. The van der Waals surface area contributed by atoms with Gasteiger partial charge in [0.25, 0.3) is 10.1 Å². The molecule has 5 nitrogen and oxygen atoms in total. The summed E-state index contributed by atoms with van der Waals surface area (Å²) < 4.78 is 31.0. The van der Waals surface area contributed by atoms with E-state index in [1.165, 1.54) is 13.0 Å². The van der Waals surface area contributed by atoms with Crippen molar-refractivity contribution in [2.24, 2.45) is 0 Å². The third-order valence-electron chi connectivity index (χ3n) is 2.39. The predicted octanol–water partition coefficient (Wildman–Crippen LogP) is 2.73. The second kappa shape index (κ2) is 6.31. The normalized spacial score (nSPS) is 10.5. The third kappa shape index (κ3) is 4.18. The van der Waals surface area contributed by atoms with Crippen LogP contribution in [-0.4, -0.2) is 24.0 Å².